The van der Waals surface area contributed by atoms with Crippen molar-refractivity contribution in [2.75, 3.05) is 40.8 Å². The molecule has 1 N–H and O–H groups in total. The van der Waals surface area contributed by atoms with E-state index in [1.54, 1.807) is 11.9 Å². The van der Waals surface area contributed by atoms with Gasteiger partial charge in [-0.2, -0.15) is 0 Å². The number of amides is 1. The van der Waals surface area contributed by atoms with Gasteiger partial charge in [-0.1, -0.05) is 0 Å². The predicted molar refractivity (Wildman–Crippen MR) is 71.8 cm³/mol. The monoisotopic (exact) mass is 256 g/mol. The first kappa shape index (κ1) is 14.6. The standard InChI is InChI=1S/C12H24N4O2/c1-5-18-12(17)16-8-6-10(7-9-16)14-11(13-2)15(3)4/h10H,5-9H2,1-4H3,(H,13,14). The summed E-state index contributed by atoms with van der Waals surface area (Å²) in [5.74, 6) is 0.879. The lowest BCUT2D eigenvalue weighted by Crippen LogP contribution is -2.49. The molecular formula is C12H24N4O2. The van der Waals surface area contributed by atoms with Crippen LogP contribution in [-0.2, 0) is 4.74 Å². The van der Waals surface area contributed by atoms with Gasteiger partial charge in [0.2, 0.25) is 0 Å². The zero-order valence-electron chi connectivity index (χ0n) is 11.8. The molecule has 0 aliphatic carbocycles. The van der Waals surface area contributed by atoms with E-state index in [-0.39, 0.29) is 6.09 Å². The summed E-state index contributed by atoms with van der Waals surface area (Å²) in [6.45, 7) is 3.74. The Bertz CT molecular complexity index is 296. The average molecular weight is 256 g/mol. The third-order valence-electron chi connectivity index (χ3n) is 2.99. The first-order valence-electron chi connectivity index (χ1n) is 6.40. The molecule has 0 bridgehead atoms. The lowest BCUT2D eigenvalue weighted by molar-refractivity contribution is 0.0962. The van der Waals surface area contributed by atoms with E-state index in [9.17, 15) is 4.79 Å². The van der Waals surface area contributed by atoms with Crippen molar-refractivity contribution >= 4 is 12.1 Å². The van der Waals surface area contributed by atoms with Gasteiger partial charge < -0.3 is 19.9 Å². The number of ether oxygens (including phenoxy) is 1. The Labute approximate surface area is 109 Å². The average Bonchev–Trinajstić information content (AvgIpc) is 2.36. The van der Waals surface area contributed by atoms with E-state index in [2.05, 4.69) is 10.3 Å². The van der Waals surface area contributed by atoms with Crippen LogP contribution in [0.2, 0.25) is 0 Å². The van der Waals surface area contributed by atoms with E-state index >= 15 is 0 Å². The van der Waals surface area contributed by atoms with Gasteiger partial charge in [0.1, 0.15) is 0 Å². The van der Waals surface area contributed by atoms with Crippen LogP contribution in [0.3, 0.4) is 0 Å². The van der Waals surface area contributed by atoms with Crippen molar-refractivity contribution < 1.29 is 9.53 Å². The quantitative estimate of drug-likeness (QED) is 0.585. The van der Waals surface area contributed by atoms with Gasteiger partial charge in [-0.05, 0) is 19.8 Å². The molecule has 0 aromatic carbocycles. The van der Waals surface area contributed by atoms with Crippen LogP contribution in [0.5, 0.6) is 0 Å². The first-order chi connectivity index (χ1) is 8.58. The third-order valence-corrected chi connectivity index (χ3v) is 2.99. The number of guanidine groups is 1. The molecule has 6 nitrogen and oxygen atoms in total. The van der Waals surface area contributed by atoms with Crippen LogP contribution in [-0.4, -0.2) is 68.7 Å². The summed E-state index contributed by atoms with van der Waals surface area (Å²) in [7, 11) is 5.70. The highest BCUT2D eigenvalue weighted by atomic mass is 16.6. The molecule has 1 saturated heterocycles. The molecule has 0 radical (unpaired) electrons. The summed E-state index contributed by atoms with van der Waals surface area (Å²) >= 11 is 0. The number of carbonyl (C=O) groups excluding carboxylic acids is 1. The van der Waals surface area contributed by atoms with Gasteiger partial charge in [-0.3, -0.25) is 4.99 Å². The minimum Gasteiger partial charge on any atom is -0.450 e. The number of piperidine rings is 1. The van der Waals surface area contributed by atoms with Crippen molar-refractivity contribution in [3.63, 3.8) is 0 Å². The summed E-state index contributed by atoms with van der Waals surface area (Å²) in [4.78, 5) is 19.5. The Morgan fingerprint density at radius 1 is 1.44 bits per heavy atom. The molecule has 1 fully saturated rings. The van der Waals surface area contributed by atoms with E-state index in [1.807, 2.05) is 25.9 Å². The first-order valence-corrected chi connectivity index (χ1v) is 6.40. The number of likely N-dealkylation sites (tertiary alicyclic amines) is 1. The second kappa shape index (κ2) is 7.08. The lowest BCUT2D eigenvalue weighted by atomic mass is 10.1. The van der Waals surface area contributed by atoms with Gasteiger partial charge in [-0.25, -0.2) is 4.79 Å². The smallest absolute Gasteiger partial charge is 0.409 e. The Morgan fingerprint density at radius 2 is 2.06 bits per heavy atom. The zero-order chi connectivity index (χ0) is 13.5. The summed E-state index contributed by atoms with van der Waals surface area (Å²) in [5.41, 5.74) is 0. The minimum atomic E-state index is -0.201. The number of nitrogens with zero attached hydrogens (tertiary/aromatic N) is 3. The highest BCUT2D eigenvalue weighted by Gasteiger charge is 2.24. The van der Waals surface area contributed by atoms with Crippen LogP contribution < -0.4 is 5.32 Å². The van der Waals surface area contributed by atoms with Crippen molar-refractivity contribution in [1.82, 2.24) is 15.1 Å². The SMILES string of the molecule is CCOC(=O)N1CCC(NC(=NC)N(C)C)CC1. The fourth-order valence-electron chi connectivity index (χ4n) is 2.00. The Morgan fingerprint density at radius 3 is 2.50 bits per heavy atom. The second-order valence-electron chi connectivity index (χ2n) is 4.55. The summed E-state index contributed by atoms with van der Waals surface area (Å²) in [6.07, 6.45) is 1.64. The maximum absolute atomic E-state index is 11.5. The van der Waals surface area contributed by atoms with Crippen LogP contribution in [0, 0.1) is 0 Å². The van der Waals surface area contributed by atoms with Gasteiger partial charge in [0.15, 0.2) is 5.96 Å². The normalized spacial score (nSPS) is 17.6. The molecule has 18 heavy (non-hydrogen) atoms. The highest BCUT2D eigenvalue weighted by molar-refractivity contribution is 5.79. The maximum atomic E-state index is 11.5. The van der Waals surface area contributed by atoms with Crippen molar-refractivity contribution in [1.29, 1.82) is 0 Å². The molecule has 1 rings (SSSR count). The van der Waals surface area contributed by atoms with Gasteiger partial charge in [0.05, 0.1) is 6.61 Å². The van der Waals surface area contributed by atoms with Gasteiger partial charge in [0, 0.05) is 40.3 Å². The van der Waals surface area contributed by atoms with Gasteiger partial charge in [0.25, 0.3) is 0 Å². The van der Waals surface area contributed by atoms with Crippen molar-refractivity contribution in [3.8, 4) is 0 Å². The fourth-order valence-corrected chi connectivity index (χ4v) is 2.00. The molecule has 0 unspecified atom stereocenters. The third kappa shape index (κ3) is 4.09. The Kier molecular flexibility index (Phi) is 5.74. The molecule has 0 spiro atoms. The number of carbonyl (C=O) groups is 1. The zero-order valence-corrected chi connectivity index (χ0v) is 11.8. The van der Waals surface area contributed by atoms with Crippen molar-refractivity contribution in [2.45, 2.75) is 25.8 Å². The maximum Gasteiger partial charge on any atom is 0.409 e. The lowest BCUT2D eigenvalue weighted by Gasteiger charge is -2.33. The Balaban J connectivity index is 2.37. The number of hydrogen-bond donors (Lipinski definition) is 1. The highest BCUT2D eigenvalue weighted by Crippen LogP contribution is 2.11. The number of hydrogen-bond acceptors (Lipinski definition) is 3. The summed E-state index contributed by atoms with van der Waals surface area (Å²) in [5, 5.41) is 3.39. The largest absolute Gasteiger partial charge is 0.450 e. The van der Waals surface area contributed by atoms with E-state index in [1.165, 1.54) is 0 Å². The van der Waals surface area contributed by atoms with E-state index < -0.39 is 0 Å². The summed E-state index contributed by atoms with van der Waals surface area (Å²) < 4.78 is 4.99. The van der Waals surface area contributed by atoms with Crippen molar-refractivity contribution in [2.24, 2.45) is 4.99 Å². The van der Waals surface area contributed by atoms with Gasteiger partial charge >= 0.3 is 6.09 Å². The van der Waals surface area contributed by atoms with Crippen LogP contribution in [0.4, 0.5) is 4.79 Å². The molecule has 0 aromatic heterocycles. The summed E-state index contributed by atoms with van der Waals surface area (Å²) in [6, 6.07) is 0.372. The van der Waals surface area contributed by atoms with Crippen LogP contribution in [0.1, 0.15) is 19.8 Å². The molecule has 1 amide bonds. The van der Waals surface area contributed by atoms with Crippen LogP contribution in [0.15, 0.2) is 4.99 Å². The van der Waals surface area contributed by atoms with E-state index in [0.29, 0.717) is 12.6 Å². The number of nitrogens with one attached hydrogen (secondary N) is 1. The molecule has 0 aromatic rings. The molecular weight excluding hydrogens is 232 g/mol. The van der Waals surface area contributed by atoms with Gasteiger partial charge in [-0.15, -0.1) is 0 Å². The molecule has 1 aliphatic rings. The molecule has 1 heterocycles. The number of rotatable bonds is 2. The fraction of sp³-hybridized carbons (Fsp3) is 0.833. The minimum absolute atomic E-state index is 0.201. The van der Waals surface area contributed by atoms with Crippen LogP contribution >= 0.6 is 0 Å². The predicted octanol–water partition coefficient (Wildman–Crippen LogP) is 0.744. The van der Waals surface area contributed by atoms with E-state index in [0.717, 1.165) is 31.9 Å². The van der Waals surface area contributed by atoms with E-state index in [4.69, 9.17) is 4.74 Å². The topological polar surface area (TPSA) is 57.2 Å². The molecule has 0 saturated carbocycles. The molecule has 6 heteroatoms. The number of aliphatic imine (C=N–C) groups is 1. The molecule has 1 aliphatic heterocycles. The van der Waals surface area contributed by atoms with Crippen LogP contribution in [0.25, 0.3) is 0 Å². The Hall–Kier alpha value is -1.46. The van der Waals surface area contributed by atoms with Crippen molar-refractivity contribution in [3.05, 3.63) is 0 Å². The molecule has 104 valence electrons. The second-order valence-corrected chi connectivity index (χ2v) is 4.55. The molecule has 0 atom stereocenters.